The Hall–Kier alpha value is -2.05. The van der Waals surface area contributed by atoms with Crippen molar-refractivity contribution in [1.82, 2.24) is 9.94 Å². The molecule has 0 unspecified atom stereocenters. The van der Waals surface area contributed by atoms with Gasteiger partial charge in [-0.25, -0.2) is 0 Å². The Morgan fingerprint density at radius 3 is 2.78 bits per heavy atom. The van der Waals surface area contributed by atoms with Gasteiger partial charge >= 0.3 is 11.5 Å². The molecule has 0 aromatic carbocycles. The molecule has 0 N–H and O–H groups in total. The topological polar surface area (TPSA) is 79.7 Å². The molecule has 1 rings (SSSR count). The van der Waals surface area contributed by atoms with E-state index in [-0.39, 0.29) is 24.9 Å². The fourth-order valence-electron chi connectivity index (χ4n) is 1.14. The van der Waals surface area contributed by atoms with Gasteiger partial charge in [-0.05, 0) is 13.8 Å². The number of hydrogen-bond donors (Lipinski definition) is 0. The molecule has 100 valence electrons. The Labute approximate surface area is 104 Å². The maximum Gasteiger partial charge on any atom is 0.309 e. The quantitative estimate of drug-likeness (QED) is 0.640. The van der Waals surface area contributed by atoms with Crippen molar-refractivity contribution in [3.05, 3.63) is 22.5 Å². The summed E-state index contributed by atoms with van der Waals surface area (Å²) in [6.07, 6.45) is 0.0564. The highest BCUT2D eigenvalue weighted by molar-refractivity contribution is 5.69. The van der Waals surface area contributed by atoms with Crippen LogP contribution in [0.2, 0.25) is 0 Å². The first-order valence-corrected chi connectivity index (χ1v) is 5.69. The first-order valence-electron chi connectivity index (χ1n) is 5.69. The molecule has 0 aliphatic heterocycles. The molecule has 0 atom stereocenters. The van der Waals surface area contributed by atoms with E-state index < -0.39 is 5.56 Å². The van der Waals surface area contributed by atoms with Crippen LogP contribution in [0.1, 0.15) is 20.3 Å². The number of ether oxygens (including phenoxy) is 2. The van der Waals surface area contributed by atoms with Gasteiger partial charge in [0.25, 0.3) is 0 Å². The molecule has 7 nitrogen and oxygen atoms in total. The molecule has 1 aromatic rings. The summed E-state index contributed by atoms with van der Waals surface area (Å²) in [5, 5.41) is 3.81. The summed E-state index contributed by atoms with van der Waals surface area (Å²) < 4.78 is 9.85. The molecule has 1 heterocycles. The number of carbonyl (C=O) groups excluding carboxylic acids is 1. The van der Waals surface area contributed by atoms with Crippen molar-refractivity contribution in [1.29, 1.82) is 0 Å². The predicted octanol–water partition coefficient (Wildman–Crippen LogP) is 0.0238. The average molecular weight is 256 g/mol. The third kappa shape index (κ3) is 4.44. The lowest BCUT2D eigenvalue weighted by atomic mass is 10.5. The molecule has 0 saturated carbocycles. The first-order chi connectivity index (χ1) is 8.67. The SMILES string of the molecule is CCOC(=O)CCOn1nc(OCC)ccc1=O. The van der Waals surface area contributed by atoms with Crippen molar-refractivity contribution >= 4 is 5.97 Å². The van der Waals surface area contributed by atoms with Crippen LogP contribution < -0.4 is 15.1 Å². The van der Waals surface area contributed by atoms with Gasteiger partial charge in [-0.2, -0.15) is 0 Å². The smallest absolute Gasteiger partial charge is 0.309 e. The van der Waals surface area contributed by atoms with Crippen LogP contribution in [0, 0.1) is 0 Å². The molecule has 0 saturated heterocycles. The summed E-state index contributed by atoms with van der Waals surface area (Å²) in [6, 6.07) is 2.74. The molecule has 0 aliphatic rings. The van der Waals surface area contributed by atoms with Gasteiger partial charge in [0.05, 0.1) is 19.6 Å². The van der Waals surface area contributed by atoms with Crippen LogP contribution in [0.3, 0.4) is 0 Å². The van der Waals surface area contributed by atoms with Gasteiger partial charge in [-0.15, -0.1) is 0 Å². The van der Waals surface area contributed by atoms with Gasteiger partial charge in [0.1, 0.15) is 6.61 Å². The van der Waals surface area contributed by atoms with E-state index in [1.165, 1.54) is 12.1 Å². The van der Waals surface area contributed by atoms with E-state index >= 15 is 0 Å². The number of hydrogen-bond acceptors (Lipinski definition) is 6. The molecule has 7 heteroatoms. The highest BCUT2D eigenvalue weighted by Gasteiger charge is 2.05. The molecule has 0 fully saturated rings. The van der Waals surface area contributed by atoms with Crippen molar-refractivity contribution < 1.29 is 19.1 Å². The minimum Gasteiger partial charge on any atom is -0.477 e. The third-order valence-corrected chi connectivity index (χ3v) is 1.86. The average Bonchev–Trinajstić information content (AvgIpc) is 2.34. The van der Waals surface area contributed by atoms with E-state index in [0.29, 0.717) is 13.2 Å². The molecular weight excluding hydrogens is 240 g/mol. The van der Waals surface area contributed by atoms with Crippen LogP contribution in [0.5, 0.6) is 5.88 Å². The summed E-state index contributed by atoms with van der Waals surface area (Å²) in [5.41, 5.74) is -0.428. The zero-order valence-electron chi connectivity index (χ0n) is 10.4. The molecule has 0 bridgehead atoms. The second kappa shape index (κ2) is 7.31. The molecule has 0 aliphatic carbocycles. The lowest BCUT2D eigenvalue weighted by Crippen LogP contribution is -2.30. The van der Waals surface area contributed by atoms with E-state index in [4.69, 9.17) is 14.3 Å². The zero-order valence-corrected chi connectivity index (χ0v) is 10.4. The minimum absolute atomic E-state index is 0.0152. The Morgan fingerprint density at radius 2 is 2.11 bits per heavy atom. The Morgan fingerprint density at radius 1 is 1.33 bits per heavy atom. The van der Waals surface area contributed by atoms with Crippen LogP contribution in [0.15, 0.2) is 16.9 Å². The Kier molecular flexibility index (Phi) is 5.69. The fourth-order valence-corrected chi connectivity index (χ4v) is 1.14. The van der Waals surface area contributed by atoms with Gasteiger partial charge < -0.3 is 14.3 Å². The lowest BCUT2D eigenvalue weighted by molar-refractivity contribution is -0.144. The Bertz CT molecular complexity index is 443. The van der Waals surface area contributed by atoms with Crippen molar-refractivity contribution in [3.63, 3.8) is 0 Å². The van der Waals surface area contributed by atoms with E-state index in [2.05, 4.69) is 5.10 Å². The maximum absolute atomic E-state index is 11.4. The highest BCUT2D eigenvalue weighted by atomic mass is 16.7. The van der Waals surface area contributed by atoms with Crippen molar-refractivity contribution in [2.24, 2.45) is 0 Å². The highest BCUT2D eigenvalue weighted by Crippen LogP contribution is 1.99. The second-order valence-corrected chi connectivity index (χ2v) is 3.20. The molecule has 0 spiro atoms. The number of rotatable bonds is 7. The summed E-state index contributed by atoms with van der Waals surface area (Å²) in [6.45, 7) is 4.29. The number of esters is 1. The van der Waals surface area contributed by atoms with Crippen LogP contribution >= 0.6 is 0 Å². The van der Waals surface area contributed by atoms with E-state index in [1.807, 2.05) is 0 Å². The summed E-state index contributed by atoms with van der Waals surface area (Å²) >= 11 is 0. The molecular formula is C11H16N2O5. The van der Waals surface area contributed by atoms with Crippen molar-refractivity contribution in [2.45, 2.75) is 20.3 Å². The normalized spacial score (nSPS) is 9.89. The Balaban J connectivity index is 2.53. The van der Waals surface area contributed by atoms with Crippen molar-refractivity contribution in [3.8, 4) is 5.88 Å². The second-order valence-electron chi connectivity index (χ2n) is 3.20. The van der Waals surface area contributed by atoms with Gasteiger partial charge in [0, 0.05) is 12.1 Å². The maximum atomic E-state index is 11.4. The molecule has 0 amide bonds. The summed E-state index contributed by atoms with van der Waals surface area (Å²) in [4.78, 5) is 28.3. The van der Waals surface area contributed by atoms with Crippen LogP contribution in [-0.2, 0) is 9.53 Å². The lowest BCUT2D eigenvalue weighted by Gasteiger charge is -2.08. The summed E-state index contributed by atoms with van der Waals surface area (Å²) in [7, 11) is 0. The number of nitrogens with zero attached hydrogens (tertiary/aromatic N) is 2. The van der Waals surface area contributed by atoms with Crippen molar-refractivity contribution in [2.75, 3.05) is 19.8 Å². The van der Waals surface area contributed by atoms with Gasteiger partial charge in [-0.1, -0.05) is 9.94 Å². The standard InChI is InChI=1S/C11H16N2O5/c1-3-16-9-5-6-10(14)13(12-9)18-8-7-11(15)17-4-2/h5-6H,3-4,7-8H2,1-2H3. The molecule has 1 aromatic heterocycles. The largest absolute Gasteiger partial charge is 0.477 e. The minimum atomic E-state index is -0.428. The zero-order chi connectivity index (χ0) is 13.4. The van der Waals surface area contributed by atoms with Crippen LogP contribution in [0.25, 0.3) is 0 Å². The molecule has 18 heavy (non-hydrogen) atoms. The number of carbonyl (C=O) groups is 1. The van der Waals surface area contributed by atoms with Crippen LogP contribution in [-0.4, -0.2) is 35.7 Å². The number of aromatic nitrogens is 2. The summed E-state index contributed by atoms with van der Waals surface area (Å²) in [5.74, 6) is -0.0975. The van der Waals surface area contributed by atoms with E-state index in [9.17, 15) is 9.59 Å². The van der Waals surface area contributed by atoms with Gasteiger partial charge in [-0.3, -0.25) is 9.59 Å². The van der Waals surface area contributed by atoms with Gasteiger partial charge in [0.2, 0.25) is 5.88 Å². The fraction of sp³-hybridized carbons (Fsp3) is 0.545. The first kappa shape index (κ1) is 14.0. The predicted molar refractivity (Wildman–Crippen MR) is 62.4 cm³/mol. The monoisotopic (exact) mass is 256 g/mol. The van der Waals surface area contributed by atoms with Gasteiger partial charge in [0.15, 0.2) is 0 Å². The third-order valence-electron chi connectivity index (χ3n) is 1.86. The molecule has 0 radical (unpaired) electrons. The van der Waals surface area contributed by atoms with E-state index in [0.717, 1.165) is 4.85 Å². The van der Waals surface area contributed by atoms with Crippen LogP contribution in [0.4, 0.5) is 0 Å². The van der Waals surface area contributed by atoms with E-state index in [1.54, 1.807) is 13.8 Å².